The molecule has 0 radical (unpaired) electrons. The zero-order valence-electron chi connectivity index (χ0n) is 13.0. The number of hydrogen-bond acceptors (Lipinski definition) is 3. The zero-order valence-corrected chi connectivity index (χ0v) is 14.0. The van der Waals surface area contributed by atoms with Gasteiger partial charge in [-0.1, -0.05) is 33.1 Å². The lowest BCUT2D eigenvalue weighted by atomic mass is 10.0. The lowest BCUT2D eigenvalue weighted by molar-refractivity contribution is 0.0705. The van der Waals surface area contributed by atoms with Crippen LogP contribution in [0.1, 0.15) is 60.3 Å². The summed E-state index contributed by atoms with van der Waals surface area (Å²) >= 11 is 0. The minimum atomic E-state index is -2.38. The van der Waals surface area contributed by atoms with Gasteiger partial charge in [0.05, 0.1) is 0 Å². The van der Waals surface area contributed by atoms with E-state index >= 15 is 0 Å². The van der Waals surface area contributed by atoms with Gasteiger partial charge >= 0.3 is 8.80 Å². The van der Waals surface area contributed by atoms with Crippen molar-refractivity contribution in [1.82, 2.24) is 0 Å². The second-order valence-corrected chi connectivity index (χ2v) is 7.47. The topological polar surface area (TPSA) is 27.7 Å². The van der Waals surface area contributed by atoms with E-state index < -0.39 is 8.80 Å². The van der Waals surface area contributed by atoms with E-state index in [2.05, 4.69) is 13.8 Å². The Bertz CT molecular complexity index is 171. The Morgan fingerprint density at radius 1 is 0.833 bits per heavy atom. The monoisotopic (exact) mass is 276 g/mol. The summed E-state index contributed by atoms with van der Waals surface area (Å²) < 4.78 is 17.5. The largest absolute Gasteiger partial charge is 0.500 e. The zero-order chi connectivity index (χ0) is 13.9. The molecule has 0 aromatic rings. The minimum Gasteiger partial charge on any atom is -0.374 e. The summed E-state index contributed by atoms with van der Waals surface area (Å²) in [5, 5.41) is 0. The summed E-state index contributed by atoms with van der Waals surface area (Å²) in [6, 6.07) is 0.957. The molecule has 0 aliphatic heterocycles. The fourth-order valence-electron chi connectivity index (χ4n) is 2.04. The van der Waals surface area contributed by atoms with Crippen molar-refractivity contribution >= 4 is 8.80 Å². The molecule has 110 valence electrons. The SMILES string of the molecule is CCO[Si](CCCCC(C)CC)(OCC)OCC. The van der Waals surface area contributed by atoms with Gasteiger partial charge < -0.3 is 13.3 Å². The molecule has 0 aromatic heterocycles. The van der Waals surface area contributed by atoms with Gasteiger partial charge in [0.1, 0.15) is 0 Å². The molecule has 3 nitrogen and oxygen atoms in total. The molecule has 0 aliphatic rings. The summed E-state index contributed by atoms with van der Waals surface area (Å²) in [7, 11) is -2.38. The molecule has 0 heterocycles. The van der Waals surface area contributed by atoms with Crippen molar-refractivity contribution in [3.8, 4) is 0 Å². The molecule has 18 heavy (non-hydrogen) atoms. The molecule has 0 rings (SSSR count). The van der Waals surface area contributed by atoms with Crippen LogP contribution < -0.4 is 0 Å². The Kier molecular flexibility index (Phi) is 11.0. The molecule has 0 spiro atoms. The standard InChI is InChI=1S/C14H32O3Si/c1-6-14(5)12-10-11-13-18(15-7-2,16-8-3)17-9-4/h14H,6-13H2,1-5H3. The normalized spacial score (nSPS) is 13.8. The summed E-state index contributed by atoms with van der Waals surface area (Å²) in [5.74, 6) is 0.826. The Labute approximate surface area is 115 Å². The number of hydrogen-bond donors (Lipinski definition) is 0. The van der Waals surface area contributed by atoms with E-state index in [9.17, 15) is 0 Å². The maximum Gasteiger partial charge on any atom is 0.500 e. The predicted molar refractivity (Wildman–Crippen MR) is 78.7 cm³/mol. The summed E-state index contributed by atoms with van der Waals surface area (Å²) in [5.41, 5.74) is 0. The highest BCUT2D eigenvalue weighted by molar-refractivity contribution is 6.60. The fraction of sp³-hybridized carbons (Fsp3) is 1.00. The first kappa shape index (κ1) is 18.1. The Morgan fingerprint density at radius 2 is 1.33 bits per heavy atom. The highest BCUT2D eigenvalue weighted by Gasteiger charge is 2.39. The van der Waals surface area contributed by atoms with Crippen molar-refractivity contribution in [2.24, 2.45) is 5.92 Å². The van der Waals surface area contributed by atoms with Crippen LogP contribution in [0.3, 0.4) is 0 Å². The Hall–Kier alpha value is 0.0969. The van der Waals surface area contributed by atoms with Gasteiger partial charge in [-0.15, -0.1) is 0 Å². The van der Waals surface area contributed by atoms with Crippen LogP contribution in [0.4, 0.5) is 0 Å². The second kappa shape index (κ2) is 11.0. The van der Waals surface area contributed by atoms with Crippen molar-refractivity contribution in [3.63, 3.8) is 0 Å². The summed E-state index contributed by atoms with van der Waals surface area (Å²) in [4.78, 5) is 0. The van der Waals surface area contributed by atoms with Gasteiger partial charge in [-0.3, -0.25) is 0 Å². The molecule has 0 bridgehead atoms. The van der Waals surface area contributed by atoms with E-state index in [4.69, 9.17) is 13.3 Å². The number of rotatable bonds is 12. The van der Waals surface area contributed by atoms with Crippen molar-refractivity contribution in [1.29, 1.82) is 0 Å². The van der Waals surface area contributed by atoms with E-state index in [0.717, 1.165) is 18.4 Å². The molecule has 0 amide bonds. The van der Waals surface area contributed by atoms with Crippen LogP contribution in [-0.4, -0.2) is 28.6 Å². The molecule has 1 unspecified atom stereocenters. The molecule has 4 heteroatoms. The molecule has 0 fully saturated rings. The van der Waals surface area contributed by atoms with Crippen molar-refractivity contribution in [2.75, 3.05) is 19.8 Å². The van der Waals surface area contributed by atoms with Gasteiger partial charge in [0.25, 0.3) is 0 Å². The van der Waals surface area contributed by atoms with Crippen LogP contribution >= 0.6 is 0 Å². The Morgan fingerprint density at radius 3 is 1.72 bits per heavy atom. The van der Waals surface area contributed by atoms with E-state index in [0.29, 0.717) is 19.8 Å². The second-order valence-electron chi connectivity index (χ2n) is 4.74. The average Bonchev–Trinajstić information content (AvgIpc) is 2.35. The van der Waals surface area contributed by atoms with Crippen LogP contribution in [-0.2, 0) is 13.3 Å². The van der Waals surface area contributed by atoms with Crippen LogP contribution in [0.2, 0.25) is 6.04 Å². The lowest BCUT2D eigenvalue weighted by Crippen LogP contribution is -2.45. The predicted octanol–water partition coefficient (Wildman–Crippen LogP) is 4.25. The maximum atomic E-state index is 5.84. The summed E-state index contributed by atoms with van der Waals surface area (Å²) in [6.45, 7) is 12.6. The van der Waals surface area contributed by atoms with Crippen molar-refractivity contribution in [3.05, 3.63) is 0 Å². The lowest BCUT2D eigenvalue weighted by Gasteiger charge is -2.28. The van der Waals surface area contributed by atoms with Crippen LogP contribution in [0.25, 0.3) is 0 Å². The molecule has 0 aromatic carbocycles. The highest BCUT2D eigenvalue weighted by Crippen LogP contribution is 2.21. The molecule has 0 N–H and O–H groups in total. The van der Waals surface area contributed by atoms with Gasteiger partial charge in [0.2, 0.25) is 0 Å². The highest BCUT2D eigenvalue weighted by atomic mass is 28.4. The van der Waals surface area contributed by atoms with Crippen LogP contribution in [0.5, 0.6) is 0 Å². The van der Waals surface area contributed by atoms with E-state index in [1.165, 1.54) is 19.3 Å². The molecule has 1 atom stereocenters. The molecule has 0 aliphatic carbocycles. The van der Waals surface area contributed by atoms with E-state index in [1.54, 1.807) is 0 Å². The molecule has 0 saturated heterocycles. The quantitative estimate of drug-likeness (QED) is 0.394. The fourth-order valence-corrected chi connectivity index (χ4v) is 4.73. The first-order chi connectivity index (χ1) is 8.64. The third-order valence-electron chi connectivity index (χ3n) is 3.22. The van der Waals surface area contributed by atoms with Gasteiger partial charge in [0, 0.05) is 25.9 Å². The van der Waals surface area contributed by atoms with Crippen molar-refractivity contribution < 1.29 is 13.3 Å². The minimum absolute atomic E-state index is 0.678. The maximum absolute atomic E-state index is 5.84. The van der Waals surface area contributed by atoms with Gasteiger partial charge in [-0.25, -0.2) is 0 Å². The smallest absolute Gasteiger partial charge is 0.374 e. The summed E-state index contributed by atoms with van der Waals surface area (Å²) in [6.07, 6.45) is 4.96. The van der Waals surface area contributed by atoms with Gasteiger partial charge in [0.15, 0.2) is 0 Å². The third-order valence-corrected chi connectivity index (χ3v) is 6.37. The molecular formula is C14H32O3Si. The van der Waals surface area contributed by atoms with Crippen LogP contribution in [0, 0.1) is 5.92 Å². The van der Waals surface area contributed by atoms with Gasteiger partial charge in [-0.2, -0.15) is 0 Å². The average molecular weight is 276 g/mol. The third kappa shape index (κ3) is 7.51. The Balaban J connectivity index is 4.12. The van der Waals surface area contributed by atoms with E-state index in [1.807, 2.05) is 20.8 Å². The first-order valence-corrected chi connectivity index (χ1v) is 9.49. The van der Waals surface area contributed by atoms with Crippen LogP contribution in [0.15, 0.2) is 0 Å². The van der Waals surface area contributed by atoms with Crippen molar-refractivity contribution in [2.45, 2.75) is 66.3 Å². The molecule has 0 saturated carbocycles. The van der Waals surface area contributed by atoms with E-state index in [-0.39, 0.29) is 0 Å². The van der Waals surface area contributed by atoms with Gasteiger partial charge in [-0.05, 0) is 33.1 Å². The first-order valence-electron chi connectivity index (χ1n) is 7.55. The molecular weight excluding hydrogens is 244 g/mol. The number of unbranched alkanes of at least 4 members (excludes halogenated alkanes) is 1.